The molecule has 0 bridgehead atoms. The van der Waals surface area contributed by atoms with E-state index < -0.39 is 17.5 Å². The Morgan fingerprint density at radius 3 is 2.14 bits per heavy atom. The van der Waals surface area contributed by atoms with E-state index in [-0.39, 0.29) is 28.3 Å². The highest BCUT2D eigenvalue weighted by Gasteiger charge is 2.31. The topological polar surface area (TPSA) is 57.6 Å². The predicted octanol–water partition coefficient (Wildman–Crippen LogP) is 3.29. The van der Waals surface area contributed by atoms with Gasteiger partial charge in [0, 0.05) is 10.9 Å². The quantitative estimate of drug-likeness (QED) is 0.645. The third-order valence-corrected chi connectivity index (χ3v) is 3.42. The summed E-state index contributed by atoms with van der Waals surface area (Å²) >= 11 is -0.281. The largest absolute Gasteiger partial charge is 0.479 e. The van der Waals surface area contributed by atoms with Crippen molar-refractivity contribution in [1.82, 2.24) is 4.90 Å². The molecule has 0 aliphatic carbocycles. The van der Waals surface area contributed by atoms with Gasteiger partial charge in [0.05, 0.1) is 0 Å². The SMILES string of the molecule is CC(C)N(C=O)C(C(=O)O)c1ccc(SC(F)(F)F)cc1. The van der Waals surface area contributed by atoms with E-state index >= 15 is 0 Å². The smallest absolute Gasteiger partial charge is 0.446 e. The van der Waals surface area contributed by atoms with E-state index in [4.69, 9.17) is 0 Å². The number of alkyl halides is 3. The molecule has 1 aromatic rings. The van der Waals surface area contributed by atoms with Crippen molar-refractivity contribution < 1.29 is 27.9 Å². The van der Waals surface area contributed by atoms with Crippen LogP contribution < -0.4 is 0 Å². The molecule has 4 nitrogen and oxygen atoms in total. The summed E-state index contributed by atoms with van der Waals surface area (Å²) in [5.41, 5.74) is -4.16. The summed E-state index contributed by atoms with van der Waals surface area (Å²) in [6, 6.07) is 3.36. The zero-order valence-electron chi connectivity index (χ0n) is 11.3. The van der Waals surface area contributed by atoms with Crippen LogP contribution in [0.25, 0.3) is 0 Å². The highest BCUT2D eigenvalue weighted by Crippen LogP contribution is 2.37. The van der Waals surface area contributed by atoms with Gasteiger partial charge in [-0.1, -0.05) is 12.1 Å². The van der Waals surface area contributed by atoms with Crippen molar-refractivity contribution in [3.63, 3.8) is 0 Å². The number of hydrogen-bond acceptors (Lipinski definition) is 3. The molecular weight excluding hydrogens is 307 g/mol. The summed E-state index contributed by atoms with van der Waals surface area (Å²) in [6.07, 6.45) is 0.418. The van der Waals surface area contributed by atoms with Crippen LogP contribution in [-0.2, 0) is 9.59 Å². The number of hydrogen-bond donors (Lipinski definition) is 1. The van der Waals surface area contributed by atoms with Crippen molar-refractivity contribution in [2.45, 2.75) is 36.3 Å². The first kappa shape index (κ1) is 17.4. The van der Waals surface area contributed by atoms with Crippen LogP contribution in [0.2, 0.25) is 0 Å². The van der Waals surface area contributed by atoms with Crippen LogP contribution in [0.5, 0.6) is 0 Å². The summed E-state index contributed by atoms with van der Waals surface area (Å²) in [7, 11) is 0. The molecule has 1 N–H and O–H groups in total. The number of halogens is 3. The monoisotopic (exact) mass is 321 g/mol. The minimum Gasteiger partial charge on any atom is -0.479 e. The van der Waals surface area contributed by atoms with E-state index in [1.54, 1.807) is 13.8 Å². The van der Waals surface area contributed by atoms with Gasteiger partial charge in [0.2, 0.25) is 6.41 Å². The second kappa shape index (κ2) is 6.84. The maximum absolute atomic E-state index is 12.2. The van der Waals surface area contributed by atoms with Gasteiger partial charge in [0.1, 0.15) is 0 Å². The highest BCUT2D eigenvalue weighted by molar-refractivity contribution is 8.00. The molecule has 0 aliphatic rings. The number of nitrogens with zero attached hydrogens (tertiary/aromatic N) is 1. The van der Waals surface area contributed by atoms with Crippen LogP contribution in [0.4, 0.5) is 13.2 Å². The van der Waals surface area contributed by atoms with Crippen LogP contribution in [-0.4, -0.2) is 33.9 Å². The summed E-state index contributed by atoms with van der Waals surface area (Å²) in [5, 5.41) is 9.25. The van der Waals surface area contributed by atoms with E-state index in [1.165, 1.54) is 24.3 Å². The Balaban J connectivity index is 3.05. The Kier molecular flexibility index (Phi) is 5.65. The van der Waals surface area contributed by atoms with Gasteiger partial charge < -0.3 is 10.0 Å². The van der Waals surface area contributed by atoms with E-state index in [0.717, 1.165) is 4.90 Å². The molecule has 0 fully saturated rings. The second-order valence-corrected chi connectivity index (χ2v) is 5.64. The number of carbonyl (C=O) groups is 2. The molecule has 1 atom stereocenters. The molecule has 0 aromatic heterocycles. The molecule has 0 aliphatic heterocycles. The van der Waals surface area contributed by atoms with Gasteiger partial charge in [-0.15, -0.1) is 0 Å². The molecule has 0 saturated carbocycles. The molecule has 0 spiro atoms. The maximum atomic E-state index is 12.2. The predicted molar refractivity (Wildman–Crippen MR) is 71.8 cm³/mol. The fourth-order valence-corrected chi connectivity index (χ4v) is 2.31. The van der Waals surface area contributed by atoms with Crippen molar-refractivity contribution in [2.75, 3.05) is 0 Å². The first-order chi connectivity index (χ1) is 9.65. The van der Waals surface area contributed by atoms with Crippen LogP contribution >= 0.6 is 11.8 Å². The third-order valence-electron chi connectivity index (χ3n) is 2.68. The maximum Gasteiger partial charge on any atom is 0.446 e. The highest BCUT2D eigenvalue weighted by atomic mass is 32.2. The molecule has 1 aromatic carbocycles. The molecule has 8 heteroatoms. The first-order valence-corrected chi connectivity index (χ1v) is 6.78. The lowest BCUT2D eigenvalue weighted by atomic mass is 10.0. The molecule has 1 rings (SSSR count). The van der Waals surface area contributed by atoms with Crippen LogP contribution in [0.3, 0.4) is 0 Å². The van der Waals surface area contributed by atoms with Crippen LogP contribution in [0.1, 0.15) is 25.5 Å². The lowest BCUT2D eigenvalue weighted by molar-refractivity contribution is -0.148. The van der Waals surface area contributed by atoms with Crippen molar-refractivity contribution in [3.8, 4) is 0 Å². The molecule has 0 radical (unpaired) electrons. The first-order valence-electron chi connectivity index (χ1n) is 5.97. The van der Waals surface area contributed by atoms with E-state index in [0.29, 0.717) is 6.41 Å². The molecule has 1 unspecified atom stereocenters. The summed E-state index contributed by atoms with van der Waals surface area (Å²) < 4.78 is 36.7. The zero-order chi connectivity index (χ0) is 16.2. The number of amides is 1. The Morgan fingerprint density at radius 2 is 1.81 bits per heavy atom. The van der Waals surface area contributed by atoms with Gasteiger partial charge in [-0.25, -0.2) is 4.79 Å². The molecule has 0 saturated heterocycles. The van der Waals surface area contributed by atoms with Crippen molar-refractivity contribution >= 4 is 24.1 Å². The Morgan fingerprint density at radius 1 is 1.29 bits per heavy atom. The number of rotatable bonds is 6. The molecule has 21 heavy (non-hydrogen) atoms. The summed E-state index contributed by atoms with van der Waals surface area (Å²) in [5.74, 6) is -1.24. The van der Waals surface area contributed by atoms with Crippen molar-refractivity contribution in [3.05, 3.63) is 29.8 Å². The number of carboxylic acid groups (broad SMARTS) is 1. The minimum atomic E-state index is -4.40. The molecule has 1 amide bonds. The lowest BCUT2D eigenvalue weighted by Crippen LogP contribution is -2.38. The van der Waals surface area contributed by atoms with Crippen LogP contribution in [0, 0.1) is 0 Å². The average Bonchev–Trinajstić information content (AvgIpc) is 2.34. The Bertz CT molecular complexity index is 502. The fraction of sp³-hybridized carbons (Fsp3) is 0.385. The van der Waals surface area contributed by atoms with Gasteiger partial charge in [-0.05, 0) is 43.3 Å². The number of thioether (sulfide) groups is 1. The fourth-order valence-electron chi connectivity index (χ4n) is 1.77. The lowest BCUT2D eigenvalue weighted by Gasteiger charge is -2.28. The van der Waals surface area contributed by atoms with E-state index in [9.17, 15) is 27.9 Å². The molecule has 0 heterocycles. The summed E-state index contributed by atoms with van der Waals surface area (Å²) in [4.78, 5) is 23.4. The third kappa shape index (κ3) is 4.96. The average molecular weight is 321 g/mol. The Hall–Kier alpha value is -1.70. The number of benzene rings is 1. The van der Waals surface area contributed by atoms with Gasteiger partial charge in [0.15, 0.2) is 6.04 Å². The van der Waals surface area contributed by atoms with Crippen LogP contribution in [0.15, 0.2) is 29.2 Å². The zero-order valence-corrected chi connectivity index (χ0v) is 12.1. The second-order valence-electron chi connectivity index (χ2n) is 4.50. The standard InChI is InChI=1S/C13H14F3NO3S/c1-8(2)17(7-18)11(12(19)20)9-3-5-10(6-4-9)21-13(14,15)16/h3-8,11H,1-2H3,(H,19,20). The molecule has 116 valence electrons. The Labute approximate surface area is 123 Å². The number of aliphatic carboxylic acids is 1. The van der Waals surface area contributed by atoms with Crippen molar-refractivity contribution in [2.24, 2.45) is 0 Å². The van der Waals surface area contributed by atoms with Gasteiger partial charge in [0.25, 0.3) is 0 Å². The van der Waals surface area contributed by atoms with Gasteiger partial charge in [-0.2, -0.15) is 13.2 Å². The number of carbonyl (C=O) groups excluding carboxylic acids is 1. The number of carboxylic acids is 1. The summed E-state index contributed by atoms with van der Waals surface area (Å²) in [6.45, 7) is 3.30. The molecular formula is C13H14F3NO3S. The van der Waals surface area contributed by atoms with Crippen molar-refractivity contribution in [1.29, 1.82) is 0 Å². The normalized spacial score (nSPS) is 13.0. The van der Waals surface area contributed by atoms with E-state index in [1.807, 2.05) is 0 Å². The minimum absolute atomic E-state index is 0.0439. The van der Waals surface area contributed by atoms with E-state index in [2.05, 4.69) is 0 Å². The van der Waals surface area contributed by atoms with Gasteiger partial charge in [-0.3, -0.25) is 4.79 Å². The van der Waals surface area contributed by atoms with Gasteiger partial charge >= 0.3 is 11.5 Å².